The van der Waals surface area contributed by atoms with Crippen LogP contribution in [0.1, 0.15) is 16.9 Å². The van der Waals surface area contributed by atoms with E-state index in [9.17, 15) is 0 Å². The van der Waals surface area contributed by atoms with E-state index in [0.29, 0.717) is 6.61 Å². The van der Waals surface area contributed by atoms with E-state index in [1.807, 2.05) is 25.2 Å². The van der Waals surface area contributed by atoms with Crippen molar-refractivity contribution in [1.29, 1.82) is 0 Å². The van der Waals surface area contributed by atoms with Crippen molar-refractivity contribution in [2.45, 2.75) is 19.6 Å². The highest BCUT2D eigenvalue weighted by atomic mass is 35.5. The molecule has 22 heavy (non-hydrogen) atoms. The first-order chi connectivity index (χ1) is 9.88. The molecule has 1 heterocycles. The van der Waals surface area contributed by atoms with Crippen molar-refractivity contribution in [2.75, 3.05) is 20.1 Å². The zero-order valence-electron chi connectivity index (χ0n) is 12.7. The summed E-state index contributed by atoms with van der Waals surface area (Å²) in [6.45, 7) is 3.66. The monoisotopic (exact) mass is 362 g/mol. The third kappa shape index (κ3) is 8.01. The third-order valence-corrected chi connectivity index (χ3v) is 3.84. The average Bonchev–Trinajstić information content (AvgIpc) is 2.99. The minimum atomic E-state index is 0. The number of hydrogen-bond donors (Lipinski definition) is 2. The third-order valence-electron chi connectivity index (χ3n) is 2.99. The molecule has 0 spiro atoms. The number of benzene rings is 1. The fourth-order valence-electron chi connectivity index (χ4n) is 1.88. The molecule has 124 valence electrons. The summed E-state index contributed by atoms with van der Waals surface area (Å²) >= 11 is 1.72. The summed E-state index contributed by atoms with van der Waals surface area (Å²) in [5.74, 6) is 0.928. The van der Waals surface area contributed by atoms with Gasteiger partial charge in [0.2, 0.25) is 0 Å². The van der Waals surface area contributed by atoms with Crippen LogP contribution < -0.4 is 15.4 Å². The van der Waals surface area contributed by atoms with Crippen LogP contribution in [0.15, 0.2) is 41.8 Å². The fraction of sp³-hybridized carbons (Fsp3) is 0.375. The Bertz CT molecular complexity index is 477. The van der Waals surface area contributed by atoms with E-state index < -0.39 is 0 Å². The van der Waals surface area contributed by atoms with Crippen LogP contribution in [0.2, 0.25) is 0 Å². The molecule has 0 radical (unpaired) electrons. The molecule has 2 aromatic rings. The predicted octanol–water partition coefficient (Wildman–Crippen LogP) is 3.87. The Labute approximate surface area is 149 Å². The second-order valence-electron chi connectivity index (χ2n) is 4.65. The number of ether oxygens (including phenoxy) is 1. The minimum Gasteiger partial charge on any atom is -0.488 e. The molecule has 1 aromatic heterocycles. The molecule has 0 bridgehead atoms. The molecule has 0 aliphatic rings. The van der Waals surface area contributed by atoms with Gasteiger partial charge in [0.15, 0.2) is 0 Å². The second-order valence-corrected chi connectivity index (χ2v) is 5.68. The van der Waals surface area contributed by atoms with Crippen LogP contribution in [0.5, 0.6) is 5.75 Å². The van der Waals surface area contributed by atoms with Crippen molar-refractivity contribution in [3.63, 3.8) is 0 Å². The fourth-order valence-corrected chi connectivity index (χ4v) is 2.49. The molecule has 1 aromatic carbocycles. The molecule has 0 fully saturated rings. The highest BCUT2D eigenvalue weighted by Crippen LogP contribution is 2.16. The zero-order chi connectivity index (χ0) is 14.0. The molecule has 0 saturated carbocycles. The van der Waals surface area contributed by atoms with Crippen LogP contribution in [0.3, 0.4) is 0 Å². The van der Waals surface area contributed by atoms with Crippen LogP contribution in [0, 0.1) is 0 Å². The molecule has 0 unspecified atom stereocenters. The highest BCUT2D eigenvalue weighted by Gasteiger charge is 1.98. The maximum Gasteiger partial charge on any atom is 0.122 e. The van der Waals surface area contributed by atoms with Gasteiger partial charge >= 0.3 is 0 Å². The Kier molecular flexibility index (Phi) is 12.3. The Morgan fingerprint density at radius 2 is 1.82 bits per heavy atom. The summed E-state index contributed by atoms with van der Waals surface area (Å²) in [5.41, 5.74) is 1.29. The molecular weight excluding hydrogens is 339 g/mol. The highest BCUT2D eigenvalue weighted by molar-refractivity contribution is 7.09. The molecule has 0 saturated heterocycles. The number of halogens is 2. The van der Waals surface area contributed by atoms with Gasteiger partial charge in [0.25, 0.3) is 0 Å². The molecule has 6 heteroatoms. The lowest BCUT2D eigenvalue weighted by molar-refractivity contribution is 0.309. The average molecular weight is 363 g/mol. The summed E-state index contributed by atoms with van der Waals surface area (Å²) in [6.07, 6.45) is 1.15. The van der Waals surface area contributed by atoms with Crippen molar-refractivity contribution in [3.05, 3.63) is 52.2 Å². The summed E-state index contributed by atoms with van der Waals surface area (Å²) in [7, 11) is 1.98. The zero-order valence-corrected chi connectivity index (χ0v) is 15.2. The van der Waals surface area contributed by atoms with Gasteiger partial charge in [-0.15, -0.1) is 36.2 Å². The summed E-state index contributed by atoms with van der Waals surface area (Å²) in [5, 5.41) is 8.65. The van der Waals surface area contributed by atoms with Gasteiger partial charge < -0.3 is 15.4 Å². The van der Waals surface area contributed by atoms with Crippen LogP contribution in [-0.2, 0) is 13.2 Å². The maximum atomic E-state index is 5.74. The van der Waals surface area contributed by atoms with E-state index in [4.69, 9.17) is 4.74 Å². The number of hydrogen-bond acceptors (Lipinski definition) is 4. The Morgan fingerprint density at radius 3 is 2.45 bits per heavy atom. The number of rotatable bonds is 9. The van der Waals surface area contributed by atoms with Crippen LogP contribution in [0.25, 0.3) is 0 Å². The summed E-state index contributed by atoms with van der Waals surface area (Å²) in [6, 6.07) is 12.5. The van der Waals surface area contributed by atoms with Crippen molar-refractivity contribution >= 4 is 36.2 Å². The molecule has 3 nitrogen and oxygen atoms in total. The smallest absolute Gasteiger partial charge is 0.122 e. The van der Waals surface area contributed by atoms with Crippen LogP contribution in [-0.4, -0.2) is 20.1 Å². The maximum absolute atomic E-state index is 5.74. The van der Waals surface area contributed by atoms with E-state index in [1.54, 1.807) is 11.3 Å². The molecule has 0 aliphatic carbocycles. The van der Waals surface area contributed by atoms with Crippen molar-refractivity contribution in [1.82, 2.24) is 10.6 Å². The summed E-state index contributed by atoms with van der Waals surface area (Å²) in [4.78, 5) is 1.25. The molecule has 2 N–H and O–H groups in total. The Balaban J connectivity index is 0.00000220. The summed E-state index contributed by atoms with van der Waals surface area (Å²) < 4.78 is 5.74. The second kappa shape index (κ2) is 12.7. The van der Waals surface area contributed by atoms with Gasteiger partial charge in [-0.05, 0) is 55.7 Å². The van der Waals surface area contributed by atoms with E-state index in [2.05, 4.69) is 34.2 Å². The number of nitrogens with one attached hydrogen (secondary N) is 2. The topological polar surface area (TPSA) is 33.3 Å². The van der Waals surface area contributed by atoms with Gasteiger partial charge in [0.1, 0.15) is 12.4 Å². The lowest BCUT2D eigenvalue weighted by Crippen LogP contribution is -2.19. The van der Waals surface area contributed by atoms with E-state index in [0.717, 1.165) is 31.8 Å². The first-order valence-electron chi connectivity index (χ1n) is 6.98. The first kappa shape index (κ1) is 21.2. The molecule has 0 atom stereocenters. The van der Waals surface area contributed by atoms with E-state index in [1.165, 1.54) is 10.4 Å². The Hall–Kier alpha value is -0.780. The lowest BCUT2D eigenvalue weighted by atomic mass is 10.2. The standard InChI is InChI=1S/C16H22N2OS.2ClH/c1-17-9-3-10-18-12-14-5-7-15(8-6-14)19-13-16-4-2-11-20-16;;/h2,4-8,11,17-18H,3,9-10,12-13H2,1H3;2*1H. The lowest BCUT2D eigenvalue weighted by Gasteiger charge is -2.07. The minimum absolute atomic E-state index is 0. The van der Waals surface area contributed by atoms with Crippen LogP contribution in [0.4, 0.5) is 0 Å². The molecular formula is C16H24Cl2N2OS. The van der Waals surface area contributed by atoms with Gasteiger partial charge in [-0.2, -0.15) is 0 Å². The SMILES string of the molecule is CNCCCNCc1ccc(OCc2cccs2)cc1.Cl.Cl. The quantitative estimate of drug-likeness (QED) is 0.664. The predicted molar refractivity (Wildman–Crippen MR) is 99.8 cm³/mol. The van der Waals surface area contributed by atoms with Crippen molar-refractivity contribution in [2.24, 2.45) is 0 Å². The first-order valence-corrected chi connectivity index (χ1v) is 7.86. The van der Waals surface area contributed by atoms with Gasteiger partial charge in [-0.25, -0.2) is 0 Å². The molecule has 0 amide bonds. The van der Waals surface area contributed by atoms with E-state index >= 15 is 0 Å². The van der Waals surface area contributed by atoms with Gasteiger partial charge in [-0.3, -0.25) is 0 Å². The van der Waals surface area contributed by atoms with Crippen molar-refractivity contribution < 1.29 is 4.74 Å². The van der Waals surface area contributed by atoms with Crippen molar-refractivity contribution in [3.8, 4) is 5.75 Å². The number of thiophene rings is 1. The molecule has 0 aliphatic heterocycles. The van der Waals surface area contributed by atoms with Gasteiger partial charge in [0, 0.05) is 11.4 Å². The Morgan fingerprint density at radius 1 is 1.05 bits per heavy atom. The largest absolute Gasteiger partial charge is 0.488 e. The van der Waals surface area contributed by atoms with Crippen LogP contribution >= 0.6 is 36.2 Å². The normalized spacial score (nSPS) is 9.68. The van der Waals surface area contributed by atoms with Gasteiger partial charge in [-0.1, -0.05) is 18.2 Å². The van der Waals surface area contributed by atoms with E-state index in [-0.39, 0.29) is 24.8 Å². The van der Waals surface area contributed by atoms with Gasteiger partial charge in [0.05, 0.1) is 0 Å². The molecule has 2 rings (SSSR count).